The molecule has 0 aliphatic heterocycles. The first-order chi connectivity index (χ1) is 9.20. The van der Waals surface area contributed by atoms with Gasteiger partial charge in [0.2, 0.25) is 0 Å². The van der Waals surface area contributed by atoms with E-state index in [1.54, 1.807) is 7.11 Å². The molecule has 1 aromatic carbocycles. The summed E-state index contributed by atoms with van der Waals surface area (Å²) in [4.78, 5) is 0. The van der Waals surface area contributed by atoms with Crippen molar-refractivity contribution in [3.8, 4) is 5.75 Å². The highest BCUT2D eigenvalue weighted by molar-refractivity contribution is 5.27. The van der Waals surface area contributed by atoms with E-state index in [-0.39, 0.29) is 0 Å². The van der Waals surface area contributed by atoms with Gasteiger partial charge in [0.25, 0.3) is 0 Å². The van der Waals surface area contributed by atoms with Gasteiger partial charge in [0, 0.05) is 6.04 Å². The normalized spacial score (nSPS) is 27.2. The molecule has 0 aromatic heterocycles. The van der Waals surface area contributed by atoms with E-state index in [2.05, 4.69) is 31.3 Å². The zero-order valence-corrected chi connectivity index (χ0v) is 12.5. The van der Waals surface area contributed by atoms with Gasteiger partial charge < -0.3 is 10.1 Å². The van der Waals surface area contributed by atoms with Gasteiger partial charge in [-0.05, 0) is 48.9 Å². The molecule has 2 rings (SSSR count). The molecule has 0 spiro atoms. The number of ether oxygens (including phenoxy) is 1. The van der Waals surface area contributed by atoms with Gasteiger partial charge in [-0.25, -0.2) is 0 Å². The maximum absolute atomic E-state index is 5.18. The lowest BCUT2D eigenvalue weighted by atomic mass is 9.78. The Bertz CT molecular complexity index is 373. The lowest BCUT2D eigenvalue weighted by Crippen LogP contribution is -2.41. The predicted octanol–water partition coefficient (Wildman–Crippen LogP) is 3.65. The summed E-state index contributed by atoms with van der Waals surface area (Å²) < 4.78 is 5.18. The van der Waals surface area contributed by atoms with Crippen molar-refractivity contribution in [2.75, 3.05) is 13.7 Å². The molecule has 0 radical (unpaired) electrons. The van der Waals surface area contributed by atoms with Gasteiger partial charge in [0.15, 0.2) is 0 Å². The highest BCUT2D eigenvalue weighted by Gasteiger charge is 2.26. The highest BCUT2D eigenvalue weighted by atomic mass is 16.5. The zero-order chi connectivity index (χ0) is 13.7. The van der Waals surface area contributed by atoms with Crippen molar-refractivity contribution in [3.05, 3.63) is 29.8 Å². The van der Waals surface area contributed by atoms with Gasteiger partial charge in [0.05, 0.1) is 7.11 Å². The van der Waals surface area contributed by atoms with Crippen molar-refractivity contribution in [3.63, 3.8) is 0 Å². The molecule has 2 nitrogen and oxygen atoms in total. The zero-order valence-electron chi connectivity index (χ0n) is 12.5. The molecule has 1 saturated carbocycles. The molecule has 1 aliphatic rings. The fourth-order valence-corrected chi connectivity index (χ4v) is 3.06. The summed E-state index contributed by atoms with van der Waals surface area (Å²) in [5.74, 6) is 2.61. The average Bonchev–Trinajstić information content (AvgIpc) is 2.44. The van der Waals surface area contributed by atoms with Gasteiger partial charge in [-0.1, -0.05) is 38.8 Å². The van der Waals surface area contributed by atoms with E-state index in [9.17, 15) is 0 Å². The number of rotatable bonds is 5. The molecule has 106 valence electrons. The van der Waals surface area contributed by atoms with E-state index in [1.165, 1.54) is 24.8 Å². The van der Waals surface area contributed by atoms with E-state index in [0.717, 1.165) is 30.6 Å². The SMILES string of the molecule is COc1ccc(CCNC2CCCC(C)C2C)cc1. The number of nitrogens with one attached hydrogen (secondary N) is 1. The fraction of sp³-hybridized carbons (Fsp3) is 0.647. The topological polar surface area (TPSA) is 21.3 Å². The Morgan fingerprint density at radius 1 is 1.16 bits per heavy atom. The van der Waals surface area contributed by atoms with Crippen LogP contribution in [0.4, 0.5) is 0 Å². The van der Waals surface area contributed by atoms with Crippen molar-refractivity contribution in [1.29, 1.82) is 0 Å². The molecule has 0 saturated heterocycles. The summed E-state index contributed by atoms with van der Waals surface area (Å²) in [5.41, 5.74) is 1.38. The highest BCUT2D eigenvalue weighted by Crippen LogP contribution is 2.29. The predicted molar refractivity (Wildman–Crippen MR) is 80.7 cm³/mol. The monoisotopic (exact) mass is 261 g/mol. The van der Waals surface area contributed by atoms with Crippen molar-refractivity contribution in [1.82, 2.24) is 5.32 Å². The molecule has 3 atom stereocenters. The second-order valence-corrected chi connectivity index (χ2v) is 5.93. The van der Waals surface area contributed by atoms with Gasteiger partial charge in [0.1, 0.15) is 5.75 Å². The maximum atomic E-state index is 5.18. The molecule has 1 fully saturated rings. The van der Waals surface area contributed by atoms with E-state index in [0.29, 0.717) is 6.04 Å². The maximum Gasteiger partial charge on any atom is 0.118 e. The van der Waals surface area contributed by atoms with Crippen LogP contribution in [0.15, 0.2) is 24.3 Å². The molecular weight excluding hydrogens is 234 g/mol. The van der Waals surface area contributed by atoms with Crippen molar-refractivity contribution in [2.45, 2.75) is 45.6 Å². The summed E-state index contributed by atoms with van der Waals surface area (Å²) >= 11 is 0. The summed E-state index contributed by atoms with van der Waals surface area (Å²) in [7, 11) is 1.71. The Kier molecular flexibility index (Phi) is 5.26. The minimum atomic E-state index is 0.710. The van der Waals surface area contributed by atoms with Crippen LogP contribution in [0, 0.1) is 11.8 Å². The third-order valence-electron chi connectivity index (χ3n) is 4.69. The largest absolute Gasteiger partial charge is 0.497 e. The number of hydrogen-bond acceptors (Lipinski definition) is 2. The van der Waals surface area contributed by atoms with Crippen molar-refractivity contribution in [2.24, 2.45) is 11.8 Å². The molecule has 1 aliphatic carbocycles. The first kappa shape index (κ1) is 14.4. The Labute approximate surface area is 117 Å². The van der Waals surface area contributed by atoms with Crippen LogP contribution in [0.3, 0.4) is 0 Å². The third kappa shape index (κ3) is 3.97. The Hall–Kier alpha value is -1.02. The van der Waals surface area contributed by atoms with E-state index in [4.69, 9.17) is 4.74 Å². The molecular formula is C17H27NO. The fourth-order valence-electron chi connectivity index (χ4n) is 3.06. The van der Waals surface area contributed by atoms with E-state index < -0.39 is 0 Å². The van der Waals surface area contributed by atoms with Crippen LogP contribution in [0.2, 0.25) is 0 Å². The van der Waals surface area contributed by atoms with Crippen molar-refractivity contribution >= 4 is 0 Å². The molecule has 2 heteroatoms. The molecule has 0 amide bonds. The second kappa shape index (κ2) is 6.95. The minimum absolute atomic E-state index is 0.710. The lowest BCUT2D eigenvalue weighted by molar-refractivity contribution is 0.208. The lowest BCUT2D eigenvalue weighted by Gasteiger charge is -2.34. The minimum Gasteiger partial charge on any atom is -0.497 e. The standard InChI is InChI=1S/C17H27NO/c1-13-5-4-6-17(14(13)2)18-12-11-15-7-9-16(19-3)10-8-15/h7-10,13-14,17-18H,4-6,11-12H2,1-3H3. The van der Waals surface area contributed by atoms with Gasteiger partial charge in [-0.3, -0.25) is 0 Å². The average molecular weight is 261 g/mol. The Balaban J connectivity index is 1.76. The summed E-state index contributed by atoms with van der Waals surface area (Å²) in [6.45, 7) is 5.87. The Morgan fingerprint density at radius 2 is 1.89 bits per heavy atom. The van der Waals surface area contributed by atoms with Crippen LogP contribution in [-0.4, -0.2) is 19.7 Å². The van der Waals surface area contributed by atoms with Gasteiger partial charge in [-0.15, -0.1) is 0 Å². The van der Waals surface area contributed by atoms with E-state index in [1.807, 2.05) is 12.1 Å². The van der Waals surface area contributed by atoms with Crippen LogP contribution in [0.25, 0.3) is 0 Å². The first-order valence-corrected chi connectivity index (χ1v) is 7.57. The van der Waals surface area contributed by atoms with Crippen LogP contribution in [0.5, 0.6) is 5.75 Å². The molecule has 3 unspecified atom stereocenters. The quantitative estimate of drug-likeness (QED) is 0.873. The number of methoxy groups -OCH3 is 1. The van der Waals surface area contributed by atoms with E-state index >= 15 is 0 Å². The molecule has 0 heterocycles. The molecule has 0 bridgehead atoms. The summed E-state index contributed by atoms with van der Waals surface area (Å²) in [5, 5.41) is 3.75. The third-order valence-corrected chi connectivity index (χ3v) is 4.69. The van der Waals surface area contributed by atoms with Crippen LogP contribution < -0.4 is 10.1 Å². The summed E-state index contributed by atoms with van der Waals surface area (Å²) in [6, 6.07) is 9.12. The second-order valence-electron chi connectivity index (χ2n) is 5.93. The number of benzene rings is 1. The molecule has 1 N–H and O–H groups in total. The van der Waals surface area contributed by atoms with Crippen molar-refractivity contribution < 1.29 is 4.74 Å². The van der Waals surface area contributed by atoms with Crippen LogP contribution >= 0.6 is 0 Å². The smallest absolute Gasteiger partial charge is 0.118 e. The van der Waals surface area contributed by atoms with Gasteiger partial charge >= 0.3 is 0 Å². The van der Waals surface area contributed by atoms with Gasteiger partial charge in [-0.2, -0.15) is 0 Å². The van der Waals surface area contributed by atoms with Crippen LogP contribution in [-0.2, 0) is 6.42 Å². The molecule has 1 aromatic rings. The molecule has 19 heavy (non-hydrogen) atoms. The first-order valence-electron chi connectivity index (χ1n) is 7.57. The number of hydrogen-bond donors (Lipinski definition) is 1. The van der Waals surface area contributed by atoms with Crippen LogP contribution in [0.1, 0.15) is 38.7 Å². The Morgan fingerprint density at radius 3 is 2.58 bits per heavy atom. The summed E-state index contributed by atoms with van der Waals surface area (Å²) in [6.07, 6.45) is 5.22.